The van der Waals surface area contributed by atoms with Crippen molar-refractivity contribution in [2.75, 3.05) is 49.2 Å². The molecule has 3 rings (SSSR count). The molecule has 0 aromatic carbocycles. The van der Waals surface area contributed by atoms with E-state index in [1.165, 1.54) is 29.6 Å². The maximum absolute atomic E-state index is 12.5. The summed E-state index contributed by atoms with van der Waals surface area (Å²) in [5.74, 6) is 5.58. The molecule has 0 N–H and O–H groups in total. The van der Waals surface area contributed by atoms with Crippen LogP contribution in [0.15, 0.2) is 0 Å². The lowest BCUT2D eigenvalue weighted by molar-refractivity contribution is -0.136. The Morgan fingerprint density at radius 3 is 2.40 bits per heavy atom. The summed E-state index contributed by atoms with van der Waals surface area (Å²) in [5, 5.41) is 0. The SMILES string of the molecule is CC1(C(=O)N2CCCN(C3CSCCSC3)CC2)CC1. The van der Waals surface area contributed by atoms with E-state index >= 15 is 0 Å². The second kappa shape index (κ2) is 6.49. The largest absolute Gasteiger partial charge is 0.341 e. The first-order chi connectivity index (χ1) is 9.69. The van der Waals surface area contributed by atoms with E-state index in [1.807, 2.05) is 0 Å². The van der Waals surface area contributed by atoms with Crippen LogP contribution >= 0.6 is 23.5 Å². The summed E-state index contributed by atoms with van der Waals surface area (Å²) in [6.07, 6.45) is 3.34. The molecule has 0 atom stereocenters. The van der Waals surface area contributed by atoms with E-state index in [-0.39, 0.29) is 5.41 Å². The molecule has 3 aliphatic rings. The molecule has 5 heteroatoms. The van der Waals surface area contributed by atoms with Gasteiger partial charge in [0.2, 0.25) is 5.91 Å². The lowest BCUT2D eigenvalue weighted by atomic mass is 10.1. The molecule has 2 heterocycles. The Labute approximate surface area is 131 Å². The summed E-state index contributed by atoms with van der Waals surface area (Å²) in [7, 11) is 0. The molecule has 0 radical (unpaired) electrons. The number of amides is 1. The first kappa shape index (κ1) is 15.0. The van der Waals surface area contributed by atoms with Gasteiger partial charge in [0.1, 0.15) is 0 Å². The molecule has 0 bridgehead atoms. The molecule has 1 aliphatic carbocycles. The highest BCUT2D eigenvalue weighted by molar-refractivity contribution is 8.03. The average Bonchev–Trinajstić information content (AvgIpc) is 3.24. The van der Waals surface area contributed by atoms with Crippen molar-refractivity contribution in [2.45, 2.75) is 32.2 Å². The topological polar surface area (TPSA) is 23.6 Å². The summed E-state index contributed by atoms with van der Waals surface area (Å²) in [4.78, 5) is 17.3. The van der Waals surface area contributed by atoms with Crippen LogP contribution in [0.3, 0.4) is 0 Å². The van der Waals surface area contributed by atoms with Gasteiger partial charge in [-0.25, -0.2) is 0 Å². The lowest BCUT2D eigenvalue weighted by Gasteiger charge is -2.29. The first-order valence-electron chi connectivity index (χ1n) is 7.88. The Balaban J connectivity index is 1.54. The quantitative estimate of drug-likeness (QED) is 0.779. The second-order valence-corrected chi connectivity index (χ2v) is 8.85. The molecule has 3 fully saturated rings. The van der Waals surface area contributed by atoms with Gasteiger partial charge in [0.05, 0.1) is 0 Å². The smallest absolute Gasteiger partial charge is 0.228 e. The summed E-state index contributed by atoms with van der Waals surface area (Å²) in [6.45, 7) is 6.30. The van der Waals surface area contributed by atoms with Gasteiger partial charge >= 0.3 is 0 Å². The van der Waals surface area contributed by atoms with E-state index in [0.717, 1.165) is 44.9 Å². The molecule has 0 unspecified atom stereocenters. The highest BCUT2D eigenvalue weighted by Crippen LogP contribution is 2.46. The predicted molar refractivity (Wildman–Crippen MR) is 88.5 cm³/mol. The molecule has 3 nitrogen and oxygen atoms in total. The maximum atomic E-state index is 12.5. The highest BCUT2D eigenvalue weighted by atomic mass is 32.2. The maximum Gasteiger partial charge on any atom is 0.228 e. The van der Waals surface area contributed by atoms with E-state index in [1.54, 1.807) is 0 Å². The van der Waals surface area contributed by atoms with Gasteiger partial charge in [-0.1, -0.05) is 6.92 Å². The minimum absolute atomic E-state index is 0.00317. The summed E-state index contributed by atoms with van der Waals surface area (Å²) in [5.41, 5.74) is 0.00317. The second-order valence-electron chi connectivity index (χ2n) is 6.55. The van der Waals surface area contributed by atoms with Crippen molar-refractivity contribution >= 4 is 29.4 Å². The van der Waals surface area contributed by atoms with Crippen LogP contribution < -0.4 is 0 Å². The Morgan fingerprint density at radius 2 is 1.75 bits per heavy atom. The monoisotopic (exact) mass is 314 g/mol. The fourth-order valence-electron chi connectivity index (χ4n) is 3.10. The Morgan fingerprint density at radius 1 is 1.05 bits per heavy atom. The molecule has 0 aromatic heterocycles. The number of thioether (sulfide) groups is 2. The third kappa shape index (κ3) is 3.47. The zero-order chi connectivity index (χ0) is 14.0. The summed E-state index contributed by atoms with van der Waals surface area (Å²) >= 11 is 4.21. The standard InChI is InChI=1S/C15H26N2OS2/c1-15(3-4-15)14(18)17-6-2-5-16(7-8-17)13-11-19-9-10-20-12-13/h13H,2-12H2,1H3. The molecule has 0 spiro atoms. The van der Waals surface area contributed by atoms with E-state index in [0.29, 0.717) is 5.91 Å². The minimum atomic E-state index is 0.00317. The fourth-order valence-corrected chi connectivity index (χ4v) is 5.73. The Bertz CT molecular complexity index is 352. The van der Waals surface area contributed by atoms with Gasteiger partial charge in [-0.3, -0.25) is 9.69 Å². The van der Waals surface area contributed by atoms with Gasteiger partial charge in [0, 0.05) is 60.6 Å². The third-order valence-electron chi connectivity index (χ3n) is 4.84. The van der Waals surface area contributed by atoms with E-state index in [4.69, 9.17) is 0 Å². The van der Waals surface area contributed by atoms with Crippen LogP contribution in [0.5, 0.6) is 0 Å². The van der Waals surface area contributed by atoms with Crippen LogP contribution in [-0.4, -0.2) is 70.9 Å². The molecule has 1 amide bonds. The van der Waals surface area contributed by atoms with Gasteiger partial charge in [0.15, 0.2) is 0 Å². The molecule has 20 heavy (non-hydrogen) atoms. The Hall–Kier alpha value is 0.130. The van der Waals surface area contributed by atoms with Gasteiger partial charge in [-0.05, 0) is 19.3 Å². The fraction of sp³-hybridized carbons (Fsp3) is 0.933. The van der Waals surface area contributed by atoms with Crippen LogP contribution in [0.4, 0.5) is 0 Å². The Kier molecular flexibility index (Phi) is 4.88. The molecule has 114 valence electrons. The van der Waals surface area contributed by atoms with Crippen molar-refractivity contribution in [3.8, 4) is 0 Å². The van der Waals surface area contributed by atoms with Gasteiger partial charge in [0.25, 0.3) is 0 Å². The van der Waals surface area contributed by atoms with Crippen LogP contribution in [0.2, 0.25) is 0 Å². The van der Waals surface area contributed by atoms with Crippen LogP contribution in [-0.2, 0) is 4.79 Å². The molecular formula is C15H26N2OS2. The van der Waals surface area contributed by atoms with Crippen LogP contribution in [0.25, 0.3) is 0 Å². The normalized spacial score (nSPS) is 28.8. The highest BCUT2D eigenvalue weighted by Gasteiger charge is 2.47. The van der Waals surface area contributed by atoms with Crippen molar-refractivity contribution in [2.24, 2.45) is 5.41 Å². The molecule has 0 aromatic rings. The molecular weight excluding hydrogens is 288 g/mol. The summed E-state index contributed by atoms with van der Waals surface area (Å²) < 4.78 is 0. The number of hydrogen-bond donors (Lipinski definition) is 0. The predicted octanol–water partition coefficient (Wildman–Crippen LogP) is 2.17. The van der Waals surface area contributed by atoms with Crippen molar-refractivity contribution in [3.05, 3.63) is 0 Å². The van der Waals surface area contributed by atoms with Crippen molar-refractivity contribution < 1.29 is 4.79 Å². The first-order valence-corrected chi connectivity index (χ1v) is 10.2. The number of nitrogens with zero attached hydrogens (tertiary/aromatic N) is 2. The van der Waals surface area contributed by atoms with E-state index in [2.05, 4.69) is 40.2 Å². The van der Waals surface area contributed by atoms with Crippen LogP contribution in [0, 0.1) is 5.41 Å². The van der Waals surface area contributed by atoms with Gasteiger partial charge in [-0.15, -0.1) is 0 Å². The lowest BCUT2D eigenvalue weighted by Crippen LogP contribution is -2.43. The average molecular weight is 315 g/mol. The summed E-state index contributed by atoms with van der Waals surface area (Å²) in [6, 6.07) is 0.721. The zero-order valence-electron chi connectivity index (χ0n) is 12.5. The van der Waals surface area contributed by atoms with Crippen LogP contribution in [0.1, 0.15) is 26.2 Å². The zero-order valence-corrected chi connectivity index (χ0v) is 14.1. The van der Waals surface area contributed by atoms with E-state index < -0.39 is 0 Å². The van der Waals surface area contributed by atoms with Gasteiger partial charge < -0.3 is 4.90 Å². The van der Waals surface area contributed by atoms with Crippen molar-refractivity contribution in [1.82, 2.24) is 9.80 Å². The molecule has 2 saturated heterocycles. The molecule has 1 saturated carbocycles. The minimum Gasteiger partial charge on any atom is -0.341 e. The van der Waals surface area contributed by atoms with Crippen molar-refractivity contribution in [1.29, 1.82) is 0 Å². The third-order valence-corrected chi connectivity index (χ3v) is 7.33. The number of carbonyl (C=O) groups excluding carboxylic acids is 1. The number of hydrogen-bond acceptors (Lipinski definition) is 4. The van der Waals surface area contributed by atoms with Crippen molar-refractivity contribution in [3.63, 3.8) is 0 Å². The molecule has 2 aliphatic heterocycles. The van der Waals surface area contributed by atoms with E-state index in [9.17, 15) is 4.79 Å². The van der Waals surface area contributed by atoms with Gasteiger partial charge in [-0.2, -0.15) is 23.5 Å². The number of rotatable bonds is 2. The number of carbonyl (C=O) groups is 1.